The second-order valence-electron chi connectivity index (χ2n) is 4.58. The first-order chi connectivity index (χ1) is 9.97. The summed E-state index contributed by atoms with van der Waals surface area (Å²) in [4.78, 5) is 11.8. The van der Waals surface area contributed by atoms with Crippen molar-refractivity contribution in [1.82, 2.24) is 4.72 Å². The number of nitrogens with two attached hydrogens (primary N) is 1. The number of hydrogen-bond acceptors (Lipinski definition) is 4. The predicted octanol–water partition coefficient (Wildman–Crippen LogP) is 1.71. The third kappa shape index (κ3) is 4.32. The molecule has 2 aromatic carbocycles. The highest BCUT2D eigenvalue weighted by Gasteiger charge is 2.16. The molecule has 0 aliphatic rings. The van der Waals surface area contributed by atoms with E-state index >= 15 is 0 Å². The minimum Gasteiger partial charge on any atom is -0.399 e. The molecule has 0 bridgehead atoms. The summed E-state index contributed by atoms with van der Waals surface area (Å²) in [7, 11) is -3.79. The van der Waals surface area contributed by atoms with Crippen LogP contribution in [0.1, 0.15) is 12.0 Å². The molecule has 2 aromatic rings. The van der Waals surface area contributed by atoms with E-state index in [1.54, 1.807) is 30.3 Å². The molecule has 3 N–H and O–H groups in total. The average Bonchev–Trinajstić information content (AvgIpc) is 2.47. The maximum atomic E-state index is 12.0. The van der Waals surface area contributed by atoms with Gasteiger partial charge in [-0.3, -0.25) is 4.79 Å². The Morgan fingerprint density at radius 2 is 1.62 bits per heavy atom. The highest BCUT2D eigenvalue weighted by atomic mass is 32.2. The van der Waals surface area contributed by atoms with Crippen LogP contribution in [0.3, 0.4) is 0 Å². The number of sulfonamides is 1. The van der Waals surface area contributed by atoms with Crippen LogP contribution in [0.5, 0.6) is 0 Å². The van der Waals surface area contributed by atoms with Crippen LogP contribution in [0.2, 0.25) is 0 Å². The van der Waals surface area contributed by atoms with Gasteiger partial charge in [-0.15, -0.1) is 0 Å². The van der Waals surface area contributed by atoms with Gasteiger partial charge >= 0.3 is 0 Å². The van der Waals surface area contributed by atoms with Crippen molar-refractivity contribution < 1.29 is 13.2 Å². The minimum atomic E-state index is -3.79. The Kier molecular flexibility index (Phi) is 4.59. The highest BCUT2D eigenvalue weighted by molar-refractivity contribution is 7.90. The lowest BCUT2D eigenvalue weighted by atomic mass is 10.1. The van der Waals surface area contributed by atoms with Crippen LogP contribution in [0.15, 0.2) is 59.5 Å². The van der Waals surface area contributed by atoms with E-state index in [0.717, 1.165) is 5.56 Å². The van der Waals surface area contributed by atoms with Gasteiger partial charge < -0.3 is 5.73 Å². The molecule has 1 amide bonds. The van der Waals surface area contributed by atoms with Crippen LogP contribution in [-0.2, 0) is 21.2 Å². The molecule has 2 rings (SSSR count). The van der Waals surface area contributed by atoms with Crippen molar-refractivity contribution >= 4 is 21.6 Å². The molecule has 0 aromatic heterocycles. The SMILES string of the molecule is Nc1ccc(CCC(=O)NS(=O)(=O)c2ccccc2)cc1. The number of amides is 1. The number of nitrogens with one attached hydrogen (secondary N) is 1. The van der Waals surface area contributed by atoms with Gasteiger partial charge in [0.05, 0.1) is 4.90 Å². The number of nitrogen functional groups attached to an aromatic ring is 1. The van der Waals surface area contributed by atoms with Crippen LogP contribution < -0.4 is 10.5 Å². The molecule has 0 unspecified atom stereocenters. The first-order valence-electron chi connectivity index (χ1n) is 6.42. The molecule has 6 heteroatoms. The van der Waals surface area contributed by atoms with Crippen molar-refractivity contribution in [3.8, 4) is 0 Å². The summed E-state index contributed by atoms with van der Waals surface area (Å²) in [5.41, 5.74) is 7.15. The fourth-order valence-electron chi connectivity index (χ4n) is 1.80. The maximum absolute atomic E-state index is 12.0. The monoisotopic (exact) mass is 304 g/mol. The zero-order valence-electron chi connectivity index (χ0n) is 11.3. The van der Waals surface area contributed by atoms with Gasteiger partial charge in [-0.2, -0.15) is 0 Å². The van der Waals surface area contributed by atoms with Crippen molar-refractivity contribution in [2.75, 3.05) is 5.73 Å². The third-order valence-corrected chi connectivity index (χ3v) is 4.31. The summed E-state index contributed by atoms with van der Waals surface area (Å²) in [5, 5.41) is 0. The molecule has 0 spiro atoms. The zero-order valence-corrected chi connectivity index (χ0v) is 12.1. The fraction of sp³-hybridized carbons (Fsp3) is 0.133. The van der Waals surface area contributed by atoms with Crippen LogP contribution in [0, 0.1) is 0 Å². The van der Waals surface area contributed by atoms with Crippen LogP contribution in [0.25, 0.3) is 0 Å². The summed E-state index contributed by atoms with van der Waals surface area (Å²) < 4.78 is 26.0. The first kappa shape index (κ1) is 15.1. The molecule has 0 aliphatic carbocycles. The van der Waals surface area contributed by atoms with Crippen molar-refractivity contribution in [1.29, 1.82) is 0 Å². The largest absolute Gasteiger partial charge is 0.399 e. The van der Waals surface area contributed by atoms with E-state index in [2.05, 4.69) is 4.72 Å². The Balaban J connectivity index is 1.94. The molecule has 0 heterocycles. The van der Waals surface area contributed by atoms with Crippen molar-refractivity contribution in [3.05, 3.63) is 60.2 Å². The Morgan fingerprint density at radius 3 is 2.24 bits per heavy atom. The Bertz CT molecular complexity index is 710. The third-order valence-electron chi connectivity index (χ3n) is 2.92. The summed E-state index contributed by atoms with van der Waals surface area (Å²) in [5.74, 6) is -0.532. The molecular weight excluding hydrogens is 288 g/mol. The average molecular weight is 304 g/mol. The molecule has 21 heavy (non-hydrogen) atoms. The first-order valence-corrected chi connectivity index (χ1v) is 7.91. The smallest absolute Gasteiger partial charge is 0.264 e. The standard InChI is InChI=1S/C15H16N2O3S/c16-13-9-6-12(7-10-13)8-11-15(18)17-21(19,20)14-4-2-1-3-5-14/h1-7,9-10H,8,11,16H2,(H,17,18). The number of rotatable bonds is 5. The maximum Gasteiger partial charge on any atom is 0.264 e. The van der Waals surface area contributed by atoms with E-state index in [1.165, 1.54) is 12.1 Å². The number of hydrogen-bond donors (Lipinski definition) is 2. The number of anilines is 1. The van der Waals surface area contributed by atoms with Crippen LogP contribution >= 0.6 is 0 Å². The van der Waals surface area contributed by atoms with E-state index in [4.69, 9.17) is 5.73 Å². The number of carbonyl (C=O) groups is 1. The molecule has 110 valence electrons. The Morgan fingerprint density at radius 1 is 1.00 bits per heavy atom. The topological polar surface area (TPSA) is 89.3 Å². The van der Waals surface area contributed by atoms with Gasteiger partial charge in [0.1, 0.15) is 0 Å². The van der Waals surface area contributed by atoms with Crippen molar-refractivity contribution in [2.45, 2.75) is 17.7 Å². The Hall–Kier alpha value is -2.34. The summed E-state index contributed by atoms with van der Waals surface area (Å²) in [6.45, 7) is 0. The van der Waals surface area contributed by atoms with Crippen LogP contribution in [0.4, 0.5) is 5.69 Å². The van der Waals surface area contributed by atoms with Crippen molar-refractivity contribution in [2.24, 2.45) is 0 Å². The normalized spacial score (nSPS) is 11.0. The predicted molar refractivity (Wildman–Crippen MR) is 80.9 cm³/mol. The summed E-state index contributed by atoms with van der Waals surface area (Å²) in [6.07, 6.45) is 0.548. The van der Waals surface area contributed by atoms with Gasteiger partial charge in [-0.05, 0) is 36.2 Å². The fourth-order valence-corrected chi connectivity index (χ4v) is 2.84. The molecule has 0 radical (unpaired) electrons. The van der Waals surface area contributed by atoms with E-state index in [-0.39, 0.29) is 11.3 Å². The van der Waals surface area contributed by atoms with Gasteiger partial charge in [0, 0.05) is 12.1 Å². The number of benzene rings is 2. The van der Waals surface area contributed by atoms with Gasteiger partial charge in [-0.25, -0.2) is 13.1 Å². The van der Waals surface area contributed by atoms with Crippen LogP contribution in [-0.4, -0.2) is 14.3 Å². The highest BCUT2D eigenvalue weighted by Crippen LogP contribution is 2.10. The molecule has 0 saturated heterocycles. The van der Waals surface area contributed by atoms with E-state index < -0.39 is 15.9 Å². The lowest BCUT2D eigenvalue weighted by Gasteiger charge is -2.07. The quantitative estimate of drug-likeness (QED) is 0.823. The van der Waals surface area contributed by atoms with E-state index in [1.807, 2.05) is 12.1 Å². The van der Waals surface area contributed by atoms with Gasteiger partial charge in [0.15, 0.2) is 0 Å². The van der Waals surface area contributed by atoms with E-state index in [9.17, 15) is 13.2 Å². The molecule has 0 atom stereocenters. The molecule has 0 saturated carbocycles. The molecule has 0 fully saturated rings. The summed E-state index contributed by atoms with van der Waals surface area (Å²) in [6, 6.07) is 14.9. The lowest BCUT2D eigenvalue weighted by Crippen LogP contribution is -2.30. The number of carbonyl (C=O) groups excluding carboxylic acids is 1. The van der Waals surface area contributed by atoms with Gasteiger partial charge in [0.25, 0.3) is 10.0 Å². The Labute approximate surface area is 123 Å². The molecule has 0 aliphatic heterocycles. The second kappa shape index (κ2) is 6.41. The number of aryl methyl sites for hydroxylation is 1. The van der Waals surface area contributed by atoms with E-state index in [0.29, 0.717) is 12.1 Å². The van der Waals surface area contributed by atoms with Crippen molar-refractivity contribution in [3.63, 3.8) is 0 Å². The lowest BCUT2D eigenvalue weighted by molar-refractivity contribution is -0.119. The minimum absolute atomic E-state index is 0.0748. The molecule has 5 nitrogen and oxygen atoms in total. The van der Waals surface area contributed by atoms with Gasteiger partial charge in [0.2, 0.25) is 5.91 Å². The molecular formula is C15H16N2O3S. The second-order valence-corrected chi connectivity index (χ2v) is 6.27. The zero-order chi connectivity index (χ0) is 15.3. The summed E-state index contributed by atoms with van der Waals surface area (Å²) >= 11 is 0. The van der Waals surface area contributed by atoms with Gasteiger partial charge in [-0.1, -0.05) is 30.3 Å².